The third-order valence-corrected chi connectivity index (χ3v) is 3.02. The molecule has 1 aromatic carbocycles. The van der Waals surface area contributed by atoms with E-state index in [2.05, 4.69) is 0 Å². The molecule has 19 heavy (non-hydrogen) atoms. The summed E-state index contributed by atoms with van der Waals surface area (Å²) in [5.41, 5.74) is 6.81. The highest BCUT2D eigenvalue weighted by atomic mass is 19.1. The van der Waals surface area contributed by atoms with Gasteiger partial charge in [0, 0.05) is 17.3 Å². The van der Waals surface area contributed by atoms with Crippen molar-refractivity contribution < 1.29 is 14.3 Å². The second-order valence-electron chi connectivity index (χ2n) is 5.02. The van der Waals surface area contributed by atoms with Crippen LogP contribution in [-0.2, 0) is 4.79 Å². The molecule has 1 atom stereocenters. The summed E-state index contributed by atoms with van der Waals surface area (Å²) in [4.78, 5) is 12.9. The van der Waals surface area contributed by atoms with Gasteiger partial charge in [0.1, 0.15) is 5.82 Å². The SMILES string of the molecule is Cc1cc(N(CC(N)=O)C(C)C)c([C@@H](C)O)cc1F. The molecule has 0 saturated carbocycles. The minimum absolute atomic E-state index is 0.00913. The summed E-state index contributed by atoms with van der Waals surface area (Å²) in [6, 6.07) is 2.96. The van der Waals surface area contributed by atoms with E-state index in [4.69, 9.17) is 5.73 Å². The molecule has 1 amide bonds. The van der Waals surface area contributed by atoms with Gasteiger partial charge in [-0.25, -0.2) is 4.39 Å². The Kier molecular flexibility index (Phi) is 4.89. The van der Waals surface area contributed by atoms with Gasteiger partial charge in [0.25, 0.3) is 0 Å². The smallest absolute Gasteiger partial charge is 0.236 e. The van der Waals surface area contributed by atoms with Crippen molar-refractivity contribution >= 4 is 11.6 Å². The molecular formula is C14H21FN2O2. The van der Waals surface area contributed by atoms with Crippen LogP contribution in [0.5, 0.6) is 0 Å². The summed E-state index contributed by atoms with van der Waals surface area (Å²) in [5, 5.41) is 9.78. The van der Waals surface area contributed by atoms with E-state index in [-0.39, 0.29) is 18.4 Å². The molecule has 0 heterocycles. The van der Waals surface area contributed by atoms with Gasteiger partial charge in [0.2, 0.25) is 5.91 Å². The molecule has 0 aliphatic carbocycles. The maximum Gasteiger partial charge on any atom is 0.236 e. The first-order valence-corrected chi connectivity index (χ1v) is 6.27. The van der Waals surface area contributed by atoms with E-state index < -0.39 is 12.0 Å². The Labute approximate surface area is 113 Å². The quantitative estimate of drug-likeness (QED) is 0.857. The summed E-state index contributed by atoms with van der Waals surface area (Å²) < 4.78 is 13.6. The number of carbonyl (C=O) groups excluding carboxylic acids is 1. The minimum Gasteiger partial charge on any atom is -0.389 e. The van der Waals surface area contributed by atoms with Crippen molar-refractivity contribution in [2.75, 3.05) is 11.4 Å². The molecule has 0 fully saturated rings. The van der Waals surface area contributed by atoms with Crippen molar-refractivity contribution in [1.29, 1.82) is 0 Å². The van der Waals surface area contributed by atoms with Crippen LogP contribution in [0.25, 0.3) is 0 Å². The number of nitrogens with zero attached hydrogens (tertiary/aromatic N) is 1. The topological polar surface area (TPSA) is 66.6 Å². The second kappa shape index (κ2) is 6.02. The number of hydrogen-bond acceptors (Lipinski definition) is 3. The van der Waals surface area contributed by atoms with Gasteiger partial charge in [0.15, 0.2) is 0 Å². The fraction of sp³-hybridized carbons (Fsp3) is 0.500. The molecule has 0 bridgehead atoms. The Balaban J connectivity index is 3.35. The molecule has 0 aliphatic rings. The average molecular weight is 268 g/mol. The van der Waals surface area contributed by atoms with Gasteiger partial charge < -0.3 is 15.7 Å². The average Bonchev–Trinajstić information content (AvgIpc) is 2.28. The summed E-state index contributed by atoms with van der Waals surface area (Å²) >= 11 is 0. The van der Waals surface area contributed by atoms with Gasteiger partial charge in [-0.2, -0.15) is 0 Å². The van der Waals surface area contributed by atoms with Gasteiger partial charge in [-0.05, 0) is 45.4 Å². The van der Waals surface area contributed by atoms with Gasteiger partial charge in [-0.3, -0.25) is 4.79 Å². The highest BCUT2D eigenvalue weighted by Crippen LogP contribution is 2.30. The first kappa shape index (κ1) is 15.4. The third kappa shape index (κ3) is 3.67. The second-order valence-corrected chi connectivity index (χ2v) is 5.02. The molecule has 0 unspecified atom stereocenters. The molecule has 3 N–H and O–H groups in total. The summed E-state index contributed by atoms with van der Waals surface area (Å²) in [5.74, 6) is -0.838. The van der Waals surface area contributed by atoms with Crippen LogP contribution in [-0.4, -0.2) is 23.6 Å². The monoisotopic (exact) mass is 268 g/mol. The maximum absolute atomic E-state index is 13.6. The van der Waals surface area contributed by atoms with Crippen LogP contribution in [0.3, 0.4) is 0 Å². The Hall–Kier alpha value is -1.62. The van der Waals surface area contributed by atoms with Crippen LogP contribution >= 0.6 is 0 Å². The van der Waals surface area contributed by atoms with Crippen LogP contribution in [0.4, 0.5) is 10.1 Å². The lowest BCUT2D eigenvalue weighted by Gasteiger charge is -2.31. The number of primary amides is 1. The fourth-order valence-electron chi connectivity index (χ4n) is 1.98. The Morgan fingerprint density at radius 3 is 2.42 bits per heavy atom. The van der Waals surface area contributed by atoms with E-state index in [0.29, 0.717) is 16.8 Å². The predicted molar refractivity (Wildman–Crippen MR) is 73.4 cm³/mol. The molecule has 0 spiro atoms. The number of amides is 1. The normalized spacial score (nSPS) is 12.6. The summed E-state index contributed by atoms with van der Waals surface area (Å²) in [7, 11) is 0. The zero-order valence-electron chi connectivity index (χ0n) is 11.8. The van der Waals surface area contributed by atoms with Crippen molar-refractivity contribution in [3.05, 3.63) is 29.1 Å². The maximum atomic E-state index is 13.6. The summed E-state index contributed by atoms with van der Waals surface area (Å²) in [6.07, 6.45) is -0.820. The number of hydrogen-bond donors (Lipinski definition) is 2. The minimum atomic E-state index is -0.820. The van der Waals surface area contributed by atoms with E-state index >= 15 is 0 Å². The van der Waals surface area contributed by atoms with Crippen LogP contribution in [0.1, 0.15) is 38.0 Å². The van der Waals surface area contributed by atoms with Gasteiger partial charge in [0.05, 0.1) is 12.6 Å². The van der Waals surface area contributed by atoms with E-state index in [9.17, 15) is 14.3 Å². The Morgan fingerprint density at radius 1 is 1.42 bits per heavy atom. The summed E-state index contributed by atoms with van der Waals surface area (Å²) in [6.45, 7) is 7.06. The van der Waals surface area contributed by atoms with Gasteiger partial charge in [-0.1, -0.05) is 0 Å². The fourth-order valence-corrected chi connectivity index (χ4v) is 1.98. The van der Waals surface area contributed by atoms with E-state index in [1.165, 1.54) is 6.07 Å². The molecule has 0 aliphatic heterocycles. The lowest BCUT2D eigenvalue weighted by molar-refractivity contribution is -0.116. The Morgan fingerprint density at radius 2 is 2.00 bits per heavy atom. The van der Waals surface area contributed by atoms with Crippen LogP contribution < -0.4 is 10.6 Å². The number of benzene rings is 1. The molecule has 5 heteroatoms. The first-order valence-electron chi connectivity index (χ1n) is 6.27. The zero-order chi connectivity index (χ0) is 14.7. The first-order chi connectivity index (χ1) is 8.73. The van der Waals surface area contributed by atoms with Crippen LogP contribution in [0.15, 0.2) is 12.1 Å². The molecule has 0 radical (unpaired) electrons. The number of nitrogens with two attached hydrogens (primary N) is 1. The number of aliphatic hydroxyl groups excluding tert-OH is 1. The van der Waals surface area contributed by atoms with E-state index in [0.717, 1.165) is 0 Å². The molecule has 1 aromatic rings. The van der Waals surface area contributed by atoms with Gasteiger partial charge >= 0.3 is 0 Å². The third-order valence-electron chi connectivity index (χ3n) is 3.02. The molecule has 1 rings (SSSR count). The van der Waals surface area contributed by atoms with Crippen molar-refractivity contribution in [3.63, 3.8) is 0 Å². The largest absolute Gasteiger partial charge is 0.389 e. The van der Waals surface area contributed by atoms with Crippen molar-refractivity contribution in [1.82, 2.24) is 0 Å². The number of aryl methyl sites for hydroxylation is 1. The molecule has 4 nitrogen and oxygen atoms in total. The number of aliphatic hydroxyl groups is 1. The zero-order valence-corrected chi connectivity index (χ0v) is 11.8. The lowest BCUT2D eigenvalue weighted by atomic mass is 10.0. The number of halogens is 1. The Bertz CT molecular complexity index is 473. The van der Waals surface area contributed by atoms with E-state index in [1.54, 1.807) is 24.8 Å². The van der Waals surface area contributed by atoms with Crippen LogP contribution in [0.2, 0.25) is 0 Å². The van der Waals surface area contributed by atoms with Crippen LogP contribution in [0, 0.1) is 12.7 Å². The van der Waals surface area contributed by atoms with Crippen molar-refractivity contribution in [3.8, 4) is 0 Å². The number of anilines is 1. The van der Waals surface area contributed by atoms with Crippen molar-refractivity contribution in [2.45, 2.75) is 39.8 Å². The predicted octanol–water partition coefficient (Wildman–Crippen LogP) is 1.89. The van der Waals surface area contributed by atoms with Crippen molar-refractivity contribution in [2.24, 2.45) is 5.73 Å². The lowest BCUT2D eigenvalue weighted by Crippen LogP contribution is -2.39. The molecule has 0 saturated heterocycles. The highest BCUT2D eigenvalue weighted by Gasteiger charge is 2.20. The molecule has 106 valence electrons. The molecule has 0 aromatic heterocycles. The standard InChI is InChI=1S/C14H21FN2O2/c1-8(2)17(7-14(16)19)13-5-9(3)12(15)6-11(13)10(4)18/h5-6,8,10,18H,7H2,1-4H3,(H2,16,19)/t10-/m1/s1. The number of rotatable bonds is 5. The molecular weight excluding hydrogens is 247 g/mol. The van der Waals surface area contributed by atoms with Gasteiger partial charge in [-0.15, -0.1) is 0 Å². The number of carbonyl (C=O) groups is 1. The highest BCUT2D eigenvalue weighted by molar-refractivity contribution is 5.80. The van der Waals surface area contributed by atoms with E-state index in [1.807, 2.05) is 13.8 Å².